The molecule has 2 fully saturated rings. The molecule has 120 valence electrons. The highest BCUT2D eigenvalue weighted by atomic mass is 16.2. The van der Waals surface area contributed by atoms with Gasteiger partial charge in [-0.2, -0.15) is 0 Å². The predicted octanol–water partition coefficient (Wildman–Crippen LogP) is 2.73. The molecule has 2 aromatic rings. The van der Waals surface area contributed by atoms with Gasteiger partial charge in [0.1, 0.15) is 12.2 Å². The van der Waals surface area contributed by atoms with E-state index in [9.17, 15) is 4.79 Å². The maximum Gasteiger partial charge on any atom is 0.243 e. The van der Waals surface area contributed by atoms with Crippen molar-refractivity contribution >= 4 is 5.91 Å². The molecular formula is C18H22N4O. The van der Waals surface area contributed by atoms with E-state index in [1.54, 1.807) is 12.4 Å². The first kappa shape index (κ1) is 14.4. The van der Waals surface area contributed by atoms with E-state index in [2.05, 4.69) is 21.8 Å². The van der Waals surface area contributed by atoms with Crippen LogP contribution in [0.3, 0.4) is 0 Å². The standard InChI is InChI=1S/C18H22N4O/c1-13(14-5-6-14)22(15-7-8-15)17(23)12-21-11-10-20-18(21)16-4-2-3-9-19-16/h2-4,9-11,13-15H,5-8,12H2,1H3/t13-/m0/s1. The predicted molar refractivity (Wildman–Crippen MR) is 87.5 cm³/mol. The van der Waals surface area contributed by atoms with Crippen LogP contribution in [-0.2, 0) is 11.3 Å². The van der Waals surface area contributed by atoms with Crippen molar-refractivity contribution in [2.24, 2.45) is 5.92 Å². The quantitative estimate of drug-likeness (QED) is 0.824. The van der Waals surface area contributed by atoms with E-state index in [1.807, 2.05) is 29.0 Å². The van der Waals surface area contributed by atoms with Crippen LogP contribution in [0.15, 0.2) is 36.8 Å². The molecule has 4 rings (SSSR count). The van der Waals surface area contributed by atoms with Crippen LogP contribution >= 0.6 is 0 Å². The van der Waals surface area contributed by atoms with E-state index in [-0.39, 0.29) is 5.91 Å². The second kappa shape index (κ2) is 5.80. The van der Waals surface area contributed by atoms with Crippen molar-refractivity contribution in [3.05, 3.63) is 36.8 Å². The Morgan fingerprint density at radius 1 is 1.26 bits per heavy atom. The minimum absolute atomic E-state index is 0.210. The zero-order valence-corrected chi connectivity index (χ0v) is 13.4. The van der Waals surface area contributed by atoms with Crippen molar-refractivity contribution in [2.45, 2.75) is 51.2 Å². The van der Waals surface area contributed by atoms with E-state index in [4.69, 9.17) is 0 Å². The highest BCUT2D eigenvalue weighted by Gasteiger charge is 2.41. The normalized spacial score (nSPS) is 18.7. The number of carbonyl (C=O) groups is 1. The number of aromatic nitrogens is 3. The zero-order chi connectivity index (χ0) is 15.8. The summed E-state index contributed by atoms with van der Waals surface area (Å²) >= 11 is 0. The molecule has 2 aliphatic carbocycles. The Kier molecular flexibility index (Phi) is 3.63. The van der Waals surface area contributed by atoms with E-state index in [0.717, 1.165) is 24.4 Å². The molecule has 2 saturated carbocycles. The van der Waals surface area contributed by atoms with Crippen molar-refractivity contribution in [3.63, 3.8) is 0 Å². The van der Waals surface area contributed by atoms with Gasteiger partial charge < -0.3 is 9.47 Å². The number of hydrogen-bond donors (Lipinski definition) is 0. The maximum absolute atomic E-state index is 12.9. The molecule has 0 aromatic carbocycles. The molecule has 1 atom stereocenters. The summed E-state index contributed by atoms with van der Waals surface area (Å²) in [5.74, 6) is 1.67. The Hall–Kier alpha value is -2.17. The summed E-state index contributed by atoms with van der Waals surface area (Å²) in [6.45, 7) is 2.56. The van der Waals surface area contributed by atoms with Crippen LogP contribution in [0.4, 0.5) is 0 Å². The number of imidazole rings is 1. The topological polar surface area (TPSA) is 51.0 Å². The first-order valence-corrected chi connectivity index (χ1v) is 8.48. The van der Waals surface area contributed by atoms with E-state index in [1.165, 1.54) is 12.8 Å². The number of nitrogens with zero attached hydrogens (tertiary/aromatic N) is 4. The van der Waals surface area contributed by atoms with Crippen LogP contribution in [0.1, 0.15) is 32.6 Å². The van der Waals surface area contributed by atoms with Gasteiger partial charge in [-0.3, -0.25) is 9.78 Å². The van der Waals surface area contributed by atoms with Gasteiger partial charge in [0.05, 0.1) is 0 Å². The Morgan fingerprint density at radius 2 is 2.09 bits per heavy atom. The van der Waals surface area contributed by atoms with Gasteiger partial charge in [0, 0.05) is 30.7 Å². The van der Waals surface area contributed by atoms with Gasteiger partial charge in [-0.1, -0.05) is 6.07 Å². The first-order chi connectivity index (χ1) is 11.2. The van der Waals surface area contributed by atoms with Crippen molar-refractivity contribution in [2.75, 3.05) is 0 Å². The molecule has 0 unspecified atom stereocenters. The Bertz CT molecular complexity index is 688. The fraction of sp³-hybridized carbons (Fsp3) is 0.500. The van der Waals surface area contributed by atoms with Crippen molar-refractivity contribution in [1.29, 1.82) is 0 Å². The summed E-state index contributed by atoms with van der Waals surface area (Å²) in [5.41, 5.74) is 0.804. The molecule has 2 heterocycles. The molecule has 1 amide bonds. The third-order valence-corrected chi connectivity index (χ3v) is 4.89. The summed E-state index contributed by atoms with van der Waals surface area (Å²) in [6.07, 6.45) is 10.2. The zero-order valence-electron chi connectivity index (χ0n) is 13.4. The average Bonchev–Trinajstić information content (AvgIpc) is 3.47. The molecule has 0 aliphatic heterocycles. The molecule has 5 heteroatoms. The molecule has 0 N–H and O–H groups in total. The fourth-order valence-electron chi connectivity index (χ4n) is 3.31. The Balaban J connectivity index is 1.53. The molecule has 0 saturated heterocycles. The third kappa shape index (κ3) is 3.00. The summed E-state index contributed by atoms with van der Waals surface area (Å²) in [7, 11) is 0. The van der Waals surface area contributed by atoms with Crippen molar-refractivity contribution in [1.82, 2.24) is 19.4 Å². The number of hydrogen-bond acceptors (Lipinski definition) is 3. The highest BCUT2D eigenvalue weighted by molar-refractivity contribution is 5.77. The van der Waals surface area contributed by atoms with E-state index in [0.29, 0.717) is 24.5 Å². The second-order valence-corrected chi connectivity index (χ2v) is 6.70. The third-order valence-electron chi connectivity index (χ3n) is 4.89. The van der Waals surface area contributed by atoms with Gasteiger partial charge in [-0.25, -0.2) is 4.98 Å². The van der Waals surface area contributed by atoms with Gasteiger partial charge in [-0.05, 0) is 50.7 Å². The monoisotopic (exact) mass is 310 g/mol. The molecule has 0 spiro atoms. The largest absolute Gasteiger partial charge is 0.335 e. The first-order valence-electron chi connectivity index (χ1n) is 8.48. The van der Waals surface area contributed by atoms with E-state index >= 15 is 0 Å². The van der Waals surface area contributed by atoms with Crippen molar-refractivity contribution < 1.29 is 4.79 Å². The Labute approximate surface area is 136 Å². The van der Waals surface area contributed by atoms with Gasteiger partial charge in [0.25, 0.3) is 0 Å². The van der Waals surface area contributed by atoms with Crippen molar-refractivity contribution in [3.8, 4) is 11.5 Å². The SMILES string of the molecule is C[C@@H](C1CC1)N(C(=O)Cn1ccnc1-c1ccccn1)C1CC1. The lowest BCUT2D eigenvalue weighted by Crippen LogP contribution is -2.43. The summed E-state index contributed by atoms with van der Waals surface area (Å²) in [4.78, 5) is 23.8. The van der Waals surface area contributed by atoms with Gasteiger partial charge in [-0.15, -0.1) is 0 Å². The number of amides is 1. The molecule has 23 heavy (non-hydrogen) atoms. The minimum Gasteiger partial charge on any atom is -0.335 e. The molecular weight excluding hydrogens is 288 g/mol. The molecule has 0 bridgehead atoms. The van der Waals surface area contributed by atoms with Gasteiger partial charge >= 0.3 is 0 Å². The van der Waals surface area contributed by atoms with Crippen LogP contribution in [0.2, 0.25) is 0 Å². The average molecular weight is 310 g/mol. The van der Waals surface area contributed by atoms with Crippen LogP contribution in [0.25, 0.3) is 11.5 Å². The molecule has 5 nitrogen and oxygen atoms in total. The lowest BCUT2D eigenvalue weighted by molar-refractivity contribution is -0.135. The fourth-order valence-corrected chi connectivity index (χ4v) is 3.31. The van der Waals surface area contributed by atoms with Crippen LogP contribution in [0, 0.1) is 5.92 Å². The van der Waals surface area contributed by atoms with Gasteiger partial charge in [0.2, 0.25) is 5.91 Å². The summed E-state index contributed by atoms with van der Waals surface area (Å²) in [5, 5.41) is 0. The highest BCUT2D eigenvalue weighted by Crippen LogP contribution is 2.39. The summed E-state index contributed by atoms with van der Waals surface area (Å²) < 4.78 is 1.92. The number of rotatable bonds is 6. The molecule has 0 radical (unpaired) electrons. The Morgan fingerprint density at radius 3 is 2.74 bits per heavy atom. The maximum atomic E-state index is 12.9. The lowest BCUT2D eigenvalue weighted by Gasteiger charge is -2.30. The lowest BCUT2D eigenvalue weighted by atomic mass is 10.1. The molecule has 2 aromatic heterocycles. The van der Waals surface area contributed by atoms with Crippen LogP contribution in [0.5, 0.6) is 0 Å². The second-order valence-electron chi connectivity index (χ2n) is 6.70. The smallest absolute Gasteiger partial charge is 0.243 e. The number of carbonyl (C=O) groups excluding carboxylic acids is 1. The van der Waals surface area contributed by atoms with Gasteiger partial charge in [0.15, 0.2) is 5.82 Å². The summed E-state index contributed by atoms with van der Waals surface area (Å²) in [6, 6.07) is 6.58. The van der Waals surface area contributed by atoms with Crippen LogP contribution in [-0.4, -0.2) is 37.4 Å². The van der Waals surface area contributed by atoms with E-state index < -0.39 is 0 Å². The molecule has 2 aliphatic rings. The van der Waals surface area contributed by atoms with Crippen LogP contribution < -0.4 is 0 Å². The number of pyridine rings is 1. The minimum atomic E-state index is 0.210.